The average molecular weight is 335 g/mol. The zero-order chi connectivity index (χ0) is 17.5. The molecule has 2 aliphatic rings. The van der Waals surface area contributed by atoms with E-state index in [-0.39, 0.29) is 29.6 Å². The number of anilines is 1. The van der Waals surface area contributed by atoms with E-state index in [2.05, 4.69) is 29.0 Å². The molecule has 5 nitrogen and oxygen atoms in total. The molecular formula is C18H26FN3O2. The summed E-state index contributed by atoms with van der Waals surface area (Å²) in [5, 5.41) is 3.00. The van der Waals surface area contributed by atoms with Crippen LogP contribution in [-0.4, -0.2) is 35.3 Å². The van der Waals surface area contributed by atoms with Gasteiger partial charge in [-0.25, -0.2) is 14.2 Å². The summed E-state index contributed by atoms with van der Waals surface area (Å²) >= 11 is 0. The molecule has 24 heavy (non-hydrogen) atoms. The SMILES string of the molecule is CC[C@@H](C)C1[C@H](NC(=O)OC2(C)CC2)CN1c1ccc(F)c(C)n1. The van der Waals surface area contributed by atoms with Crippen LogP contribution in [0.25, 0.3) is 0 Å². The summed E-state index contributed by atoms with van der Waals surface area (Å²) in [5.41, 5.74) is 0.127. The maximum absolute atomic E-state index is 13.5. The van der Waals surface area contributed by atoms with Crippen molar-refractivity contribution in [3.63, 3.8) is 0 Å². The molecule has 1 aliphatic heterocycles. The maximum atomic E-state index is 13.5. The lowest BCUT2D eigenvalue weighted by Gasteiger charge is -2.51. The average Bonchev–Trinajstić information content (AvgIpc) is 3.23. The quantitative estimate of drug-likeness (QED) is 0.896. The van der Waals surface area contributed by atoms with Crippen molar-refractivity contribution in [3.05, 3.63) is 23.6 Å². The van der Waals surface area contributed by atoms with E-state index in [1.807, 2.05) is 6.92 Å². The smallest absolute Gasteiger partial charge is 0.408 e. The van der Waals surface area contributed by atoms with E-state index in [0.29, 0.717) is 18.2 Å². The van der Waals surface area contributed by atoms with Crippen molar-refractivity contribution in [2.75, 3.05) is 11.4 Å². The molecule has 2 heterocycles. The lowest BCUT2D eigenvalue weighted by atomic mass is 9.84. The number of carbonyl (C=O) groups excluding carboxylic acids is 1. The summed E-state index contributed by atoms with van der Waals surface area (Å²) in [6.07, 6.45) is 2.53. The van der Waals surface area contributed by atoms with Gasteiger partial charge in [0.2, 0.25) is 0 Å². The number of amides is 1. The molecule has 0 radical (unpaired) electrons. The Kier molecular flexibility index (Phi) is 4.40. The molecule has 1 aromatic heterocycles. The highest BCUT2D eigenvalue weighted by Gasteiger charge is 2.46. The third-order valence-electron chi connectivity index (χ3n) is 5.29. The van der Waals surface area contributed by atoms with Gasteiger partial charge in [-0.2, -0.15) is 0 Å². The highest BCUT2D eigenvalue weighted by atomic mass is 19.1. The highest BCUT2D eigenvalue weighted by molar-refractivity contribution is 5.69. The van der Waals surface area contributed by atoms with Gasteiger partial charge in [0.05, 0.1) is 17.8 Å². The lowest BCUT2D eigenvalue weighted by molar-refractivity contribution is 0.0841. The van der Waals surface area contributed by atoms with E-state index in [1.165, 1.54) is 6.07 Å². The molecular weight excluding hydrogens is 309 g/mol. The summed E-state index contributed by atoms with van der Waals surface area (Å²) < 4.78 is 18.9. The second-order valence-corrected chi connectivity index (χ2v) is 7.36. The summed E-state index contributed by atoms with van der Waals surface area (Å²) in [6, 6.07) is 3.33. The van der Waals surface area contributed by atoms with Crippen LogP contribution >= 0.6 is 0 Å². The number of alkyl carbamates (subject to hydrolysis) is 1. The second-order valence-electron chi connectivity index (χ2n) is 7.36. The topological polar surface area (TPSA) is 54.5 Å². The first-order valence-corrected chi connectivity index (χ1v) is 8.72. The Morgan fingerprint density at radius 3 is 2.83 bits per heavy atom. The van der Waals surface area contributed by atoms with E-state index in [9.17, 15) is 9.18 Å². The van der Waals surface area contributed by atoms with Crippen LogP contribution in [0.2, 0.25) is 0 Å². The van der Waals surface area contributed by atoms with Gasteiger partial charge < -0.3 is 15.0 Å². The van der Waals surface area contributed by atoms with Crippen molar-refractivity contribution >= 4 is 11.9 Å². The molecule has 2 fully saturated rings. The summed E-state index contributed by atoms with van der Waals surface area (Å²) in [5.74, 6) is 0.850. The van der Waals surface area contributed by atoms with Crippen molar-refractivity contribution in [3.8, 4) is 0 Å². The zero-order valence-corrected chi connectivity index (χ0v) is 14.8. The molecule has 1 N–H and O–H groups in total. The minimum atomic E-state index is -0.337. The molecule has 1 saturated carbocycles. The molecule has 6 heteroatoms. The third-order valence-corrected chi connectivity index (χ3v) is 5.29. The molecule has 3 atom stereocenters. The van der Waals surface area contributed by atoms with Gasteiger partial charge in [-0.15, -0.1) is 0 Å². The van der Waals surface area contributed by atoms with Gasteiger partial charge in [0.1, 0.15) is 17.2 Å². The number of hydrogen-bond acceptors (Lipinski definition) is 4. The predicted molar refractivity (Wildman–Crippen MR) is 90.6 cm³/mol. The summed E-state index contributed by atoms with van der Waals surface area (Å²) in [4.78, 5) is 18.6. The van der Waals surface area contributed by atoms with Gasteiger partial charge >= 0.3 is 6.09 Å². The Hall–Kier alpha value is -1.85. The Morgan fingerprint density at radius 1 is 1.54 bits per heavy atom. The first kappa shape index (κ1) is 17.0. The van der Waals surface area contributed by atoms with Gasteiger partial charge in [0, 0.05) is 6.54 Å². The standard InChI is InChI=1S/C18H26FN3O2/c1-5-11(2)16-14(21-17(23)24-18(4)8-9-18)10-22(16)15-7-6-13(19)12(3)20-15/h6-7,11,14,16H,5,8-10H2,1-4H3,(H,21,23)/t11-,14-,16?/m1/s1. The van der Waals surface area contributed by atoms with E-state index < -0.39 is 0 Å². The van der Waals surface area contributed by atoms with Crippen molar-refractivity contribution in [2.45, 2.75) is 64.6 Å². The summed E-state index contributed by atoms with van der Waals surface area (Å²) in [6.45, 7) is 8.58. The molecule has 3 rings (SSSR count). The number of pyridine rings is 1. The van der Waals surface area contributed by atoms with E-state index in [4.69, 9.17) is 4.74 Å². The predicted octanol–water partition coefficient (Wildman–Crippen LogP) is 3.41. The van der Waals surface area contributed by atoms with Crippen LogP contribution in [0.4, 0.5) is 15.0 Å². The number of rotatable bonds is 5. The van der Waals surface area contributed by atoms with Crippen LogP contribution in [0.3, 0.4) is 0 Å². The molecule has 1 amide bonds. The van der Waals surface area contributed by atoms with Crippen LogP contribution in [0.1, 0.15) is 45.7 Å². The van der Waals surface area contributed by atoms with Gasteiger partial charge in [0.25, 0.3) is 0 Å². The molecule has 1 aromatic rings. The fourth-order valence-corrected chi connectivity index (χ4v) is 3.22. The molecule has 1 saturated heterocycles. The number of nitrogens with zero attached hydrogens (tertiary/aromatic N) is 2. The Balaban J connectivity index is 1.68. The molecule has 0 bridgehead atoms. The van der Waals surface area contributed by atoms with Crippen LogP contribution in [0.15, 0.2) is 12.1 Å². The van der Waals surface area contributed by atoms with Crippen molar-refractivity contribution in [1.82, 2.24) is 10.3 Å². The van der Waals surface area contributed by atoms with E-state index in [1.54, 1.807) is 13.0 Å². The number of aryl methyl sites for hydroxylation is 1. The van der Waals surface area contributed by atoms with Gasteiger partial charge in [0.15, 0.2) is 0 Å². The fraction of sp³-hybridized carbons (Fsp3) is 0.667. The van der Waals surface area contributed by atoms with Crippen molar-refractivity contribution < 1.29 is 13.9 Å². The second kappa shape index (κ2) is 6.22. The van der Waals surface area contributed by atoms with Crippen molar-refractivity contribution in [1.29, 1.82) is 0 Å². The Morgan fingerprint density at radius 2 is 2.25 bits per heavy atom. The van der Waals surface area contributed by atoms with Crippen LogP contribution in [0, 0.1) is 18.7 Å². The zero-order valence-electron chi connectivity index (χ0n) is 14.8. The molecule has 132 valence electrons. The summed E-state index contributed by atoms with van der Waals surface area (Å²) in [7, 11) is 0. The number of nitrogens with one attached hydrogen (secondary N) is 1. The minimum Gasteiger partial charge on any atom is -0.443 e. The van der Waals surface area contributed by atoms with Crippen LogP contribution in [-0.2, 0) is 4.74 Å². The minimum absolute atomic E-state index is 0.0296. The third kappa shape index (κ3) is 3.32. The lowest BCUT2D eigenvalue weighted by Crippen LogP contribution is -2.69. The first-order chi connectivity index (χ1) is 11.3. The van der Waals surface area contributed by atoms with Gasteiger partial charge in [-0.3, -0.25) is 0 Å². The van der Waals surface area contributed by atoms with Gasteiger partial charge in [-0.05, 0) is 44.7 Å². The monoisotopic (exact) mass is 335 g/mol. The maximum Gasteiger partial charge on any atom is 0.408 e. The van der Waals surface area contributed by atoms with E-state index >= 15 is 0 Å². The Bertz CT molecular complexity index is 633. The van der Waals surface area contributed by atoms with Crippen LogP contribution < -0.4 is 10.2 Å². The molecule has 1 aliphatic carbocycles. The highest BCUT2D eigenvalue weighted by Crippen LogP contribution is 2.39. The van der Waals surface area contributed by atoms with E-state index in [0.717, 1.165) is 25.1 Å². The van der Waals surface area contributed by atoms with Gasteiger partial charge in [-0.1, -0.05) is 20.3 Å². The normalized spacial score (nSPS) is 25.6. The largest absolute Gasteiger partial charge is 0.443 e. The number of hydrogen-bond donors (Lipinski definition) is 1. The van der Waals surface area contributed by atoms with Crippen molar-refractivity contribution in [2.24, 2.45) is 5.92 Å². The molecule has 0 aromatic carbocycles. The molecule has 0 spiro atoms. The number of aromatic nitrogens is 1. The molecule has 1 unspecified atom stereocenters. The Labute approximate surface area is 142 Å². The number of ether oxygens (including phenoxy) is 1. The first-order valence-electron chi connectivity index (χ1n) is 8.72. The number of halogens is 1. The van der Waals surface area contributed by atoms with Crippen LogP contribution in [0.5, 0.6) is 0 Å². The fourth-order valence-electron chi connectivity index (χ4n) is 3.22. The number of carbonyl (C=O) groups is 1.